The Labute approximate surface area is 106 Å². The minimum atomic E-state index is 0.758. The first kappa shape index (κ1) is 11.4. The summed E-state index contributed by atoms with van der Waals surface area (Å²) in [6.45, 7) is 0. The van der Waals surface area contributed by atoms with Gasteiger partial charge in [0.25, 0.3) is 0 Å². The van der Waals surface area contributed by atoms with Gasteiger partial charge in [0, 0.05) is 28.1 Å². The summed E-state index contributed by atoms with van der Waals surface area (Å²) in [5.41, 5.74) is 0.991. The number of thiol groups is 1. The van der Waals surface area contributed by atoms with E-state index in [9.17, 15) is 0 Å². The molecule has 0 N–H and O–H groups in total. The second-order valence-corrected chi connectivity index (χ2v) is 4.27. The molecule has 0 atom stereocenters. The molecule has 2 rings (SSSR count). The molecule has 80 valence electrons. The molecule has 0 spiro atoms. The van der Waals surface area contributed by atoms with E-state index in [-0.39, 0.29) is 0 Å². The van der Waals surface area contributed by atoms with Crippen molar-refractivity contribution in [2.24, 2.45) is 0 Å². The topological polar surface area (TPSA) is 0 Å². The SMILES string of the molecule is SCCC#Cc1cccc2cccc(Cl)c12. The van der Waals surface area contributed by atoms with Crippen molar-refractivity contribution in [1.29, 1.82) is 0 Å². The van der Waals surface area contributed by atoms with E-state index < -0.39 is 0 Å². The third kappa shape index (κ3) is 2.35. The maximum absolute atomic E-state index is 6.19. The average Bonchev–Trinajstić information content (AvgIpc) is 2.30. The molecule has 0 bridgehead atoms. The van der Waals surface area contributed by atoms with Crippen molar-refractivity contribution in [3.63, 3.8) is 0 Å². The predicted molar refractivity (Wildman–Crippen MR) is 74.3 cm³/mol. The van der Waals surface area contributed by atoms with Crippen molar-refractivity contribution < 1.29 is 0 Å². The standard InChI is InChI=1S/C14H11ClS/c15-13-9-4-8-12-7-3-6-11(14(12)13)5-1-2-10-16/h3-4,6-9,16H,2,10H2. The van der Waals surface area contributed by atoms with Gasteiger partial charge in [-0.25, -0.2) is 0 Å². The van der Waals surface area contributed by atoms with Gasteiger partial charge in [-0.1, -0.05) is 47.7 Å². The van der Waals surface area contributed by atoms with E-state index in [1.165, 1.54) is 0 Å². The van der Waals surface area contributed by atoms with Crippen LogP contribution in [0.25, 0.3) is 10.8 Å². The van der Waals surface area contributed by atoms with Gasteiger partial charge in [-0.2, -0.15) is 12.6 Å². The maximum Gasteiger partial charge on any atom is 0.0496 e. The number of rotatable bonds is 1. The zero-order chi connectivity index (χ0) is 11.4. The van der Waals surface area contributed by atoms with Crippen LogP contribution in [0.5, 0.6) is 0 Å². The Balaban J connectivity index is 2.58. The molecule has 0 saturated heterocycles. The van der Waals surface area contributed by atoms with Crippen LogP contribution in [-0.4, -0.2) is 5.75 Å². The molecule has 0 nitrogen and oxygen atoms in total. The molecule has 0 heterocycles. The predicted octanol–water partition coefficient (Wildman–Crippen LogP) is 4.16. The number of fused-ring (bicyclic) bond motifs is 1. The fourth-order valence-electron chi connectivity index (χ4n) is 1.61. The molecule has 0 fully saturated rings. The highest BCUT2D eigenvalue weighted by Gasteiger charge is 2.01. The molecule has 0 aromatic heterocycles. The summed E-state index contributed by atoms with van der Waals surface area (Å²) in [7, 11) is 0. The van der Waals surface area contributed by atoms with E-state index in [1.807, 2.05) is 36.4 Å². The molecular formula is C14H11ClS. The first-order chi connectivity index (χ1) is 7.83. The normalized spacial score (nSPS) is 9.88. The molecule has 2 aromatic carbocycles. The van der Waals surface area contributed by atoms with Crippen LogP contribution >= 0.6 is 24.2 Å². The number of halogens is 1. The van der Waals surface area contributed by atoms with Gasteiger partial charge in [-0.05, 0) is 17.5 Å². The molecule has 0 aliphatic heterocycles. The summed E-state index contributed by atoms with van der Waals surface area (Å²) in [4.78, 5) is 0. The third-order valence-corrected chi connectivity index (χ3v) is 2.85. The summed E-state index contributed by atoms with van der Waals surface area (Å²) in [5, 5.41) is 2.93. The van der Waals surface area contributed by atoms with Crippen molar-refractivity contribution in [3.05, 3.63) is 47.0 Å². The van der Waals surface area contributed by atoms with Crippen LogP contribution in [0, 0.1) is 11.8 Å². The minimum Gasteiger partial charge on any atom is -0.178 e. The van der Waals surface area contributed by atoms with Crippen molar-refractivity contribution in [2.45, 2.75) is 6.42 Å². The number of hydrogen-bond donors (Lipinski definition) is 1. The average molecular weight is 247 g/mol. The molecule has 2 aromatic rings. The van der Waals surface area contributed by atoms with Crippen LogP contribution in [-0.2, 0) is 0 Å². The highest BCUT2D eigenvalue weighted by molar-refractivity contribution is 7.80. The molecule has 0 aliphatic rings. The molecule has 0 saturated carbocycles. The number of hydrogen-bond acceptors (Lipinski definition) is 1. The van der Waals surface area contributed by atoms with Crippen LogP contribution in [0.4, 0.5) is 0 Å². The fourth-order valence-corrected chi connectivity index (χ4v) is 2.01. The van der Waals surface area contributed by atoms with E-state index in [0.717, 1.165) is 33.5 Å². The van der Waals surface area contributed by atoms with Crippen molar-refractivity contribution in [2.75, 3.05) is 5.75 Å². The van der Waals surface area contributed by atoms with Gasteiger partial charge in [0.05, 0.1) is 0 Å². The Bertz CT molecular complexity index is 558. The maximum atomic E-state index is 6.19. The van der Waals surface area contributed by atoms with E-state index in [1.54, 1.807) is 0 Å². The molecule has 0 radical (unpaired) electrons. The van der Waals surface area contributed by atoms with Crippen LogP contribution in [0.15, 0.2) is 36.4 Å². The Morgan fingerprint density at radius 2 is 1.88 bits per heavy atom. The smallest absolute Gasteiger partial charge is 0.0496 e. The molecule has 0 aliphatic carbocycles. The summed E-state index contributed by atoms with van der Waals surface area (Å²) >= 11 is 10.3. The third-order valence-electron chi connectivity index (χ3n) is 2.31. The van der Waals surface area contributed by atoms with Crippen LogP contribution in [0.3, 0.4) is 0 Å². The minimum absolute atomic E-state index is 0.758. The lowest BCUT2D eigenvalue weighted by atomic mass is 10.0. The molecule has 0 unspecified atom stereocenters. The second kappa shape index (κ2) is 5.30. The first-order valence-electron chi connectivity index (χ1n) is 5.10. The lowest BCUT2D eigenvalue weighted by Crippen LogP contribution is -1.81. The van der Waals surface area contributed by atoms with Crippen LogP contribution in [0.2, 0.25) is 5.02 Å². The quantitative estimate of drug-likeness (QED) is 0.567. The number of benzene rings is 2. The van der Waals surface area contributed by atoms with Crippen LogP contribution in [0.1, 0.15) is 12.0 Å². The van der Waals surface area contributed by atoms with Gasteiger partial charge in [0.2, 0.25) is 0 Å². The second-order valence-electron chi connectivity index (χ2n) is 3.42. The summed E-state index contributed by atoms with van der Waals surface area (Å²) in [5.74, 6) is 7.01. The van der Waals surface area contributed by atoms with E-state index >= 15 is 0 Å². The Hall–Kier alpha value is -1.10. The zero-order valence-corrected chi connectivity index (χ0v) is 10.4. The Kier molecular flexibility index (Phi) is 3.77. The van der Waals surface area contributed by atoms with Gasteiger partial charge in [-0.15, -0.1) is 0 Å². The lowest BCUT2D eigenvalue weighted by molar-refractivity contribution is 1.31. The Morgan fingerprint density at radius 1 is 1.12 bits per heavy atom. The summed E-state index contributed by atoms with van der Waals surface area (Å²) in [6, 6.07) is 11.9. The fraction of sp³-hybridized carbons (Fsp3) is 0.143. The molecule has 0 amide bonds. The van der Waals surface area contributed by atoms with Gasteiger partial charge in [0.1, 0.15) is 0 Å². The van der Waals surface area contributed by atoms with Gasteiger partial charge in [0.15, 0.2) is 0 Å². The van der Waals surface area contributed by atoms with Gasteiger partial charge >= 0.3 is 0 Å². The first-order valence-corrected chi connectivity index (χ1v) is 6.11. The van der Waals surface area contributed by atoms with Gasteiger partial charge in [-0.3, -0.25) is 0 Å². The monoisotopic (exact) mass is 246 g/mol. The van der Waals surface area contributed by atoms with E-state index in [0.29, 0.717) is 0 Å². The Morgan fingerprint density at radius 3 is 2.62 bits per heavy atom. The van der Waals surface area contributed by atoms with Crippen molar-refractivity contribution in [1.82, 2.24) is 0 Å². The lowest BCUT2D eigenvalue weighted by Gasteiger charge is -2.02. The highest BCUT2D eigenvalue weighted by Crippen LogP contribution is 2.26. The highest BCUT2D eigenvalue weighted by atomic mass is 35.5. The van der Waals surface area contributed by atoms with E-state index in [4.69, 9.17) is 11.6 Å². The zero-order valence-electron chi connectivity index (χ0n) is 8.70. The van der Waals surface area contributed by atoms with Crippen molar-refractivity contribution in [3.8, 4) is 11.8 Å². The largest absolute Gasteiger partial charge is 0.178 e. The summed E-state index contributed by atoms with van der Waals surface area (Å²) < 4.78 is 0. The van der Waals surface area contributed by atoms with Gasteiger partial charge < -0.3 is 0 Å². The molecular weight excluding hydrogens is 236 g/mol. The molecule has 16 heavy (non-hydrogen) atoms. The summed E-state index contributed by atoms with van der Waals surface area (Å²) in [6.07, 6.45) is 0.796. The van der Waals surface area contributed by atoms with Crippen LogP contribution < -0.4 is 0 Å². The van der Waals surface area contributed by atoms with E-state index in [2.05, 4.69) is 24.5 Å². The molecule has 2 heteroatoms. The van der Waals surface area contributed by atoms with Crippen molar-refractivity contribution >= 4 is 35.0 Å².